The summed E-state index contributed by atoms with van der Waals surface area (Å²) in [5.41, 5.74) is 4.24. The summed E-state index contributed by atoms with van der Waals surface area (Å²) in [5.74, 6) is -0.901. The Morgan fingerprint density at radius 1 is 0.727 bits per heavy atom. The summed E-state index contributed by atoms with van der Waals surface area (Å²) in [6.07, 6.45) is 15.8. The van der Waals surface area contributed by atoms with E-state index in [0.29, 0.717) is 73.4 Å². The molecule has 4 heterocycles. The minimum Gasteiger partial charge on any atom is -0.466 e. The van der Waals surface area contributed by atoms with E-state index in [1.807, 2.05) is 24.3 Å². The van der Waals surface area contributed by atoms with Crippen LogP contribution < -0.4 is 11.1 Å². The fraction of sp³-hybridized carbons (Fsp3) is 0.420. The van der Waals surface area contributed by atoms with Crippen LogP contribution in [-0.2, 0) is 24.8 Å². The Bertz CT molecular complexity index is 2570. The summed E-state index contributed by atoms with van der Waals surface area (Å²) in [5, 5.41) is 0.304. The third-order valence-corrected chi connectivity index (χ3v) is 20.8. The van der Waals surface area contributed by atoms with Crippen LogP contribution in [0.1, 0.15) is 84.6 Å². The average molecular weight is 941 g/mol. The molecule has 0 amide bonds. The van der Waals surface area contributed by atoms with Crippen LogP contribution in [0.25, 0.3) is 28.6 Å². The van der Waals surface area contributed by atoms with Gasteiger partial charge in [-0.05, 0) is 111 Å². The molecule has 2 aliphatic rings. The lowest BCUT2D eigenvalue weighted by atomic mass is 10.2. The Labute approximate surface area is 390 Å². The maximum atomic E-state index is 13.4. The minimum atomic E-state index is -1.84. The van der Waals surface area contributed by atoms with Crippen molar-refractivity contribution in [3.05, 3.63) is 134 Å². The molecule has 66 heavy (non-hydrogen) atoms. The number of aryl methyl sites for hydroxylation is 1. The summed E-state index contributed by atoms with van der Waals surface area (Å²) in [4.78, 5) is 53.4. The fourth-order valence-electron chi connectivity index (χ4n) is 5.88. The Morgan fingerprint density at radius 3 is 1.62 bits per heavy atom. The molecule has 0 atom stereocenters. The summed E-state index contributed by atoms with van der Waals surface area (Å²) in [7, 11) is -3.63. The zero-order valence-corrected chi connectivity index (χ0v) is 42.6. The van der Waals surface area contributed by atoms with Crippen LogP contribution in [0, 0.1) is 11.6 Å². The SMILES string of the molecule is CC(C)(C)[Si](C)(C)OC/C=C/c1cn(-c2ccc(F)cc2)c(=O)c(C2=CCN=C2)n1.CC(C)(C)[Si](C)(C)OCCCc1cn(-c2ccc(F)cc2)c(=O)c(C2=CCN=C2)n1.CCOC(C)=O. The standard InChI is InChI=1S/C23H30FN3O2Si.C23H28FN3O2Si.C4H8O2/c2*1-23(2,3)30(4,5)29-14-6-7-19-16-27(20-10-8-18(24)9-11-20)22(28)21(26-19)17-12-13-25-15-17;1-3-6-4(2)5/h8-12,15-16H,6-7,13-14H2,1-5H3;6-12,15-16H,13-14H2,1-5H3;3H2,1-2H3/b;7-6+;. The molecule has 0 bridgehead atoms. The molecule has 16 heteroatoms. The van der Waals surface area contributed by atoms with E-state index in [9.17, 15) is 23.2 Å². The van der Waals surface area contributed by atoms with Crippen molar-refractivity contribution in [1.29, 1.82) is 0 Å². The molecule has 0 unspecified atom stereocenters. The first-order chi connectivity index (χ1) is 30.9. The van der Waals surface area contributed by atoms with Gasteiger partial charge in [-0.15, -0.1) is 0 Å². The molecule has 2 aromatic heterocycles. The van der Waals surface area contributed by atoms with E-state index in [-0.39, 0.29) is 38.8 Å². The van der Waals surface area contributed by atoms with Crippen molar-refractivity contribution in [2.45, 2.75) is 104 Å². The maximum Gasteiger partial charge on any atom is 0.302 e. The molecule has 12 nitrogen and oxygen atoms in total. The first-order valence-corrected chi connectivity index (χ1v) is 28.0. The lowest BCUT2D eigenvalue weighted by Crippen LogP contribution is -2.41. The van der Waals surface area contributed by atoms with Crippen molar-refractivity contribution in [3.63, 3.8) is 0 Å². The third-order valence-electron chi connectivity index (χ3n) is 11.8. The van der Waals surface area contributed by atoms with Crippen LogP contribution in [0.15, 0.2) is 98.7 Å². The molecule has 0 N–H and O–H groups in total. The molecule has 354 valence electrons. The number of aliphatic imine (C=N–C) groups is 2. The third kappa shape index (κ3) is 15.0. The number of ether oxygens (including phenoxy) is 1. The predicted molar refractivity (Wildman–Crippen MR) is 268 cm³/mol. The quantitative estimate of drug-likeness (QED) is 0.0692. The number of carbonyl (C=O) groups excluding carboxylic acids is 1. The predicted octanol–water partition coefficient (Wildman–Crippen LogP) is 10.2. The van der Waals surface area contributed by atoms with Crippen LogP contribution in [-0.4, -0.2) is 87.0 Å². The molecule has 0 spiro atoms. The highest BCUT2D eigenvalue weighted by molar-refractivity contribution is 6.74. The number of rotatable bonds is 14. The molecule has 0 saturated heterocycles. The fourth-order valence-corrected chi connectivity index (χ4v) is 7.92. The number of nitrogens with zero attached hydrogens (tertiary/aromatic N) is 6. The molecule has 4 aromatic rings. The monoisotopic (exact) mass is 940 g/mol. The second kappa shape index (κ2) is 23.3. The van der Waals surface area contributed by atoms with Gasteiger partial charge in [-0.25, -0.2) is 18.7 Å². The number of halogens is 2. The number of carbonyl (C=O) groups is 1. The van der Waals surface area contributed by atoms with Crippen LogP contribution in [0.5, 0.6) is 0 Å². The van der Waals surface area contributed by atoms with Gasteiger partial charge in [-0.1, -0.05) is 59.8 Å². The number of hydrogen-bond donors (Lipinski definition) is 0. The number of benzene rings is 2. The maximum absolute atomic E-state index is 13.4. The summed E-state index contributed by atoms with van der Waals surface area (Å²) in [6.45, 7) is 28.0. The van der Waals surface area contributed by atoms with Gasteiger partial charge in [0.25, 0.3) is 11.1 Å². The van der Waals surface area contributed by atoms with Crippen molar-refractivity contribution in [1.82, 2.24) is 19.1 Å². The van der Waals surface area contributed by atoms with Gasteiger partial charge in [-0.2, -0.15) is 0 Å². The van der Waals surface area contributed by atoms with Gasteiger partial charge >= 0.3 is 5.97 Å². The highest BCUT2D eigenvalue weighted by atomic mass is 28.4. The Kier molecular flexibility index (Phi) is 18.7. The van der Waals surface area contributed by atoms with Gasteiger partial charge in [0.05, 0.1) is 37.7 Å². The highest BCUT2D eigenvalue weighted by Crippen LogP contribution is 2.37. The highest BCUT2D eigenvalue weighted by Gasteiger charge is 2.37. The molecule has 0 saturated carbocycles. The summed E-state index contributed by atoms with van der Waals surface area (Å²) in [6, 6.07) is 11.7. The van der Waals surface area contributed by atoms with Crippen LogP contribution in [0.3, 0.4) is 0 Å². The van der Waals surface area contributed by atoms with Crippen LogP contribution >= 0.6 is 0 Å². The van der Waals surface area contributed by atoms with E-state index in [2.05, 4.69) is 92.4 Å². The van der Waals surface area contributed by atoms with Gasteiger partial charge in [0.1, 0.15) is 23.0 Å². The van der Waals surface area contributed by atoms with Gasteiger partial charge in [0, 0.05) is 60.9 Å². The molecule has 2 aromatic carbocycles. The second-order valence-electron chi connectivity index (χ2n) is 18.8. The van der Waals surface area contributed by atoms with E-state index in [1.165, 1.54) is 35.8 Å². The zero-order valence-electron chi connectivity index (χ0n) is 40.6. The van der Waals surface area contributed by atoms with E-state index in [0.717, 1.165) is 17.7 Å². The van der Waals surface area contributed by atoms with E-state index in [4.69, 9.17) is 8.85 Å². The molecule has 0 radical (unpaired) electrons. The van der Waals surface area contributed by atoms with Crippen molar-refractivity contribution in [2.24, 2.45) is 9.98 Å². The molecular weight excluding hydrogens is 875 g/mol. The molecule has 6 rings (SSSR count). The van der Waals surface area contributed by atoms with Gasteiger partial charge < -0.3 is 13.6 Å². The Balaban J connectivity index is 0.000000257. The van der Waals surface area contributed by atoms with E-state index < -0.39 is 16.6 Å². The number of aromatic nitrogens is 4. The lowest BCUT2D eigenvalue weighted by molar-refractivity contribution is -0.140. The lowest BCUT2D eigenvalue weighted by Gasteiger charge is -2.36. The van der Waals surface area contributed by atoms with E-state index >= 15 is 0 Å². The number of hydrogen-bond acceptors (Lipinski definition) is 10. The Morgan fingerprint density at radius 2 is 1.20 bits per heavy atom. The van der Waals surface area contributed by atoms with Crippen molar-refractivity contribution in [2.75, 3.05) is 32.9 Å². The van der Waals surface area contributed by atoms with Crippen molar-refractivity contribution < 1.29 is 27.2 Å². The molecule has 2 aliphatic heterocycles. The first kappa shape index (κ1) is 53.1. The largest absolute Gasteiger partial charge is 0.466 e. The first-order valence-electron chi connectivity index (χ1n) is 22.2. The van der Waals surface area contributed by atoms with Crippen LogP contribution in [0.2, 0.25) is 36.3 Å². The Hall–Kier alpha value is -5.56. The molecule has 0 fully saturated rings. The topological polar surface area (TPSA) is 139 Å². The van der Waals surface area contributed by atoms with Gasteiger partial charge in [0.2, 0.25) is 0 Å². The van der Waals surface area contributed by atoms with Gasteiger partial charge in [0.15, 0.2) is 16.6 Å². The van der Waals surface area contributed by atoms with E-state index in [1.54, 1.807) is 60.6 Å². The van der Waals surface area contributed by atoms with Crippen molar-refractivity contribution >= 4 is 52.3 Å². The van der Waals surface area contributed by atoms with Crippen molar-refractivity contribution in [3.8, 4) is 11.4 Å². The number of allylic oxidation sites excluding steroid dienone is 2. The van der Waals surface area contributed by atoms with Crippen LogP contribution in [0.4, 0.5) is 8.78 Å². The smallest absolute Gasteiger partial charge is 0.302 e. The van der Waals surface area contributed by atoms with Gasteiger partial charge in [-0.3, -0.25) is 33.5 Å². The summed E-state index contributed by atoms with van der Waals surface area (Å²) >= 11 is 0. The normalized spacial score (nSPS) is 13.8. The summed E-state index contributed by atoms with van der Waals surface area (Å²) < 4.78 is 46.6. The average Bonchev–Trinajstić information content (AvgIpc) is 3.99. The minimum absolute atomic E-state index is 0.135. The second-order valence-corrected chi connectivity index (χ2v) is 28.4. The molecular formula is C50H66F2N6O6Si2. The molecule has 0 aliphatic carbocycles. The zero-order chi connectivity index (χ0) is 48.9. The number of esters is 1.